The summed E-state index contributed by atoms with van der Waals surface area (Å²) in [6.45, 7) is 2.24. The Balaban J connectivity index is 1.77. The maximum Gasteiger partial charge on any atom is 0.256 e. The van der Waals surface area contributed by atoms with Crippen LogP contribution in [0.5, 0.6) is 0 Å². The van der Waals surface area contributed by atoms with Crippen LogP contribution in [0.2, 0.25) is 5.02 Å². The average Bonchev–Trinajstić information content (AvgIpc) is 3.04. The summed E-state index contributed by atoms with van der Waals surface area (Å²) in [5, 5.41) is 3.76. The second-order valence-electron chi connectivity index (χ2n) is 6.17. The van der Waals surface area contributed by atoms with E-state index < -0.39 is 5.82 Å². The Hall–Kier alpha value is -1.91. The van der Waals surface area contributed by atoms with Gasteiger partial charge in [0.2, 0.25) is 0 Å². The second-order valence-corrected chi connectivity index (χ2v) is 6.60. The first kappa shape index (κ1) is 16.9. The summed E-state index contributed by atoms with van der Waals surface area (Å²) >= 11 is 5.88. The monoisotopic (exact) mass is 346 g/mol. The third-order valence-corrected chi connectivity index (χ3v) is 4.69. The van der Waals surface area contributed by atoms with Gasteiger partial charge in [0.25, 0.3) is 5.91 Å². The van der Waals surface area contributed by atoms with Crippen LogP contribution in [0, 0.1) is 11.7 Å². The number of rotatable bonds is 4. The van der Waals surface area contributed by atoms with Gasteiger partial charge >= 0.3 is 0 Å². The molecule has 1 fully saturated rings. The Morgan fingerprint density at radius 1 is 1.25 bits per heavy atom. The maximum absolute atomic E-state index is 14.5. The van der Waals surface area contributed by atoms with E-state index in [2.05, 4.69) is 5.32 Å². The Labute approximate surface area is 146 Å². The van der Waals surface area contributed by atoms with Crippen LogP contribution in [0.1, 0.15) is 16.8 Å². The van der Waals surface area contributed by atoms with Crippen molar-refractivity contribution in [3.05, 3.63) is 58.9 Å². The van der Waals surface area contributed by atoms with E-state index in [9.17, 15) is 9.18 Å². The summed E-state index contributed by atoms with van der Waals surface area (Å²) in [6, 6.07) is 12.0. The van der Waals surface area contributed by atoms with E-state index in [1.165, 1.54) is 6.07 Å². The zero-order valence-electron chi connectivity index (χ0n) is 13.6. The molecule has 0 saturated carbocycles. The lowest BCUT2D eigenvalue weighted by Crippen LogP contribution is -2.30. The Morgan fingerprint density at radius 2 is 1.96 bits per heavy atom. The number of amides is 1. The van der Waals surface area contributed by atoms with Gasteiger partial charge in [-0.15, -0.1) is 0 Å². The van der Waals surface area contributed by atoms with Crippen LogP contribution in [-0.2, 0) is 0 Å². The summed E-state index contributed by atoms with van der Waals surface area (Å²) in [4.78, 5) is 14.3. The predicted molar refractivity (Wildman–Crippen MR) is 94.8 cm³/mol. The lowest BCUT2D eigenvalue weighted by molar-refractivity contribution is 0.0782. The molecule has 2 aromatic rings. The number of halogens is 2. The SMILES string of the molecule is CNCC1CCN(C(=O)c2ccc(-c3ccc(Cl)cc3)cc2F)C1. The van der Waals surface area contributed by atoms with Crippen LogP contribution < -0.4 is 5.32 Å². The number of carbonyl (C=O) groups is 1. The van der Waals surface area contributed by atoms with Gasteiger partial charge in [0.05, 0.1) is 5.56 Å². The topological polar surface area (TPSA) is 32.3 Å². The highest BCUT2D eigenvalue weighted by atomic mass is 35.5. The number of carbonyl (C=O) groups excluding carboxylic acids is 1. The molecule has 126 valence electrons. The van der Waals surface area contributed by atoms with Crippen molar-refractivity contribution >= 4 is 17.5 Å². The van der Waals surface area contributed by atoms with Crippen LogP contribution in [0.25, 0.3) is 11.1 Å². The highest BCUT2D eigenvalue weighted by molar-refractivity contribution is 6.30. The van der Waals surface area contributed by atoms with E-state index in [1.807, 2.05) is 19.2 Å². The first-order valence-electron chi connectivity index (χ1n) is 8.08. The fourth-order valence-corrected chi connectivity index (χ4v) is 3.28. The van der Waals surface area contributed by atoms with Crippen LogP contribution in [0.15, 0.2) is 42.5 Å². The van der Waals surface area contributed by atoms with Gasteiger partial charge in [-0.2, -0.15) is 0 Å². The molecule has 24 heavy (non-hydrogen) atoms. The summed E-state index contributed by atoms with van der Waals surface area (Å²) in [5.74, 6) is -0.270. The highest BCUT2D eigenvalue weighted by Crippen LogP contribution is 2.25. The average molecular weight is 347 g/mol. The fourth-order valence-electron chi connectivity index (χ4n) is 3.15. The molecule has 0 bridgehead atoms. The van der Waals surface area contributed by atoms with Gasteiger partial charge in [-0.1, -0.05) is 29.8 Å². The molecule has 0 spiro atoms. The highest BCUT2D eigenvalue weighted by Gasteiger charge is 2.27. The number of benzene rings is 2. The van der Waals surface area contributed by atoms with Crippen LogP contribution >= 0.6 is 11.6 Å². The van der Waals surface area contributed by atoms with Gasteiger partial charge < -0.3 is 10.2 Å². The van der Waals surface area contributed by atoms with Gasteiger partial charge in [-0.25, -0.2) is 4.39 Å². The lowest BCUT2D eigenvalue weighted by Gasteiger charge is -2.17. The summed E-state index contributed by atoms with van der Waals surface area (Å²) in [7, 11) is 1.90. The molecule has 3 nitrogen and oxygen atoms in total. The van der Waals surface area contributed by atoms with E-state index in [4.69, 9.17) is 11.6 Å². The first-order valence-corrected chi connectivity index (χ1v) is 8.45. The van der Waals surface area contributed by atoms with Crippen molar-refractivity contribution in [3.63, 3.8) is 0 Å². The van der Waals surface area contributed by atoms with Crippen molar-refractivity contribution in [2.24, 2.45) is 5.92 Å². The van der Waals surface area contributed by atoms with E-state index >= 15 is 0 Å². The molecule has 1 N–H and O–H groups in total. The molecule has 0 radical (unpaired) electrons. The lowest BCUT2D eigenvalue weighted by atomic mass is 10.0. The van der Waals surface area contributed by atoms with Crippen molar-refractivity contribution in [2.45, 2.75) is 6.42 Å². The molecule has 2 aromatic carbocycles. The molecule has 1 unspecified atom stereocenters. The zero-order chi connectivity index (χ0) is 17.1. The van der Waals surface area contributed by atoms with Crippen LogP contribution in [-0.4, -0.2) is 37.5 Å². The van der Waals surface area contributed by atoms with Crippen molar-refractivity contribution in [3.8, 4) is 11.1 Å². The van der Waals surface area contributed by atoms with Crippen molar-refractivity contribution in [1.82, 2.24) is 10.2 Å². The minimum absolute atomic E-state index is 0.137. The molecule has 1 atom stereocenters. The van der Waals surface area contributed by atoms with Gasteiger partial charge in [-0.05, 0) is 61.3 Å². The van der Waals surface area contributed by atoms with E-state index in [0.717, 1.165) is 24.1 Å². The molecule has 1 aliphatic heterocycles. The number of hydrogen-bond acceptors (Lipinski definition) is 2. The molecule has 1 aliphatic rings. The van der Waals surface area contributed by atoms with Crippen LogP contribution in [0.3, 0.4) is 0 Å². The smallest absolute Gasteiger partial charge is 0.256 e. The number of nitrogens with zero attached hydrogens (tertiary/aromatic N) is 1. The quantitative estimate of drug-likeness (QED) is 0.912. The minimum Gasteiger partial charge on any atom is -0.338 e. The Kier molecular flexibility index (Phi) is 5.17. The van der Waals surface area contributed by atoms with E-state index in [0.29, 0.717) is 24.0 Å². The summed E-state index contributed by atoms with van der Waals surface area (Å²) in [5.41, 5.74) is 1.74. The van der Waals surface area contributed by atoms with Gasteiger partial charge in [0.1, 0.15) is 5.82 Å². The molecular formula is C19H20ClFN2O. The van der Waals surface area contributed by atoms with E-state index in [1.54, 1.807) is 29.2 Å². The molecular weight excluding hydrogens is 327 g/mol. The maximum atomic E-state index is 14.5. The molecule has 0 aliphatic carbocycles. The molecule has 3 rings (SSSR count). The minimum atomic E-state index is -0.482. The molecule has 1 heterocycles. The molecule has 1 saturated heterocycles. The van der Waals surface area contributed by atoms with Gasteiger partial charge in [-0.3, -0.25) is 4.79 Å². The van der Waals surface area contributed by atoms with Gasteiger partial charge in [0.15, 0.2) is 0 Å². The normalized spacial score (nSPS) is 17.3. The van der Waals surface area contributed by atoms with Crippen molar-refractivity contribution in [2.75, 3.05) is 26.7 Å². The molecule has 5 heteroatoms. The van der Waals surface area contributed by atoms with E-state index in [-0.39, 0.29) is 11.5 Å². The standard InChI is InChI=1S/C19H20ClFN2O/c1-22-11-13-8-9-23(12-13)19(24)17-7-4-15(10-18(17)21)14-2-5-16(20)6-3-14/h2-7,10,13,22H,8-9,11-12H2,1H3. The third-order valence-electron chi connectivity index (χ3n) is 4.44. The molecule has 1 amide bonds. The number of likely N-dealkylation sites (tertiary alicyclic amines) is 1. The van der Waals surface area contributed by atoms with Crippen molar-refractivity contribution < 1.29 is 9.18 Å². The Bertz CT molecular complexity index is 733. The second kappa shape index (κ2) is 7.32. The van der Waals surface area contributed by atoms with Gasteiger partial charge in [0, 0.05) is 18.1 Å². The summed E-state index contributed by atoms with van der Waals surface area (Å²) < 4.78 is 14.5. The number of nitrogens with one attached hydrogen (secondary N) is 1. The zero-order valence-corrected chi connectivity index (χ0v) is 14.3. The van der Waals surface area contributed by atoms with Crippen molar-refractivity contribution in [1.29, 1.82) is 0 Å². The molecule has 0 aromatic heterocycles. The predicted octanol–water partition coefficient (Wildman–Crippen LogP) is 3.83. The largest absolute Gasteiger partial charge is 0.338 e. The number of hydrogen-bond donors (Lipinski definition) is 1. The first-order chi connectivity index (χ1) is 11.6. The fraction of sp³-hybridized carbons (Fsp3) is 0.316. The summed E-state index contributed by atoms with van der Waals surface area (Å²) in [6.07, 6.45) is 0.955. The van der Waals surface area contributed by atoms with Crippen LogP contribution in [0.4, 0.5) is 4.39 Å². The third kappa shape index (κ3) is 3.60. The Morgan fingerprint density at radius 3 is 2.62 bits per heavy atom.